The van der Waals surface area contributed by atoms with Crippen LogP contribution in [-0.2, 0) is 6.54 Å². The van der Waals surface area contributed by atoms with E-state index in [9.17, 15) is 0 Å². The van der Waals surface area contributed by atoms with E-state index in [1.54, 1.807) is 0 Å². The molecule has 0 unspecified atom stereocenters. The van der Waals surface area contributed by atoms with E-state index >= 15 is 0 Å². The van der Waals surface area contributed by atoms with Crippen LogP contribution in [0.1, 0.15) is 31.2 Å². The van der Waals surface area contributed by atoms with Crippen molar-refractivity contribution >= 4 is 5.96 Å². The van der Waals surface area contributed by atoms with E-state index in [0.717, 1.165) is 18.8 Å². The molecule has 1 aliphatic carbocycles. The van der Waals surface area contributed by atoms with Gasteiger partial charge in [0.25, 0.3) is 0 Å². The number of nitrogens with zero attached hydrogens (tertiary/aromatic N) is 2. The molecule has 1 heterocycles. The van der Waals surface area contributed by atoms with Crippen LogP contribution in [0.4, 0.5) is 0 Å². The zero-order valence-electron chi connectivity index (χ0n) is 11.2. The fourth-order valence-electron chi connectivity index (χ4n) is 2.82. The molecule has 0 saturated heterocycles. The van der Waals surface area contributed by atoms with Gasteiger partial charge in [-0.3, -0.25) is 0 Å². The lowest BCUT2D eigenvalue weighted by molar-refractivity contribution is 0.288. The lowest BCUT2D eigenvalue weighted by atomic mass is 10.2. The van der Waals surface area contributed by atoms with E-state index in [1.165, 1.54) is 31.2 Å². The highest BCUT2D eigenvalue weighted by molar-refractivity contribution is 5.78. The van der Waals surface area contributed by atoms with E-state index < -0.39 is 0 Å². The number of para-hydroxylation sites is 1. The molecular formula is C15H21N3O. The molecule has 0 spiro atoms. The second-order valence-corrected chi connectivity index (χ2v) is 5.30. The third-order valence-electron chi connectivity index (χ3n) is 3.92. The maximum atomic E-state index is 6.18. The van der Waals surface area contributed by atoms with Crippen LogP contribution in [0.5, 0.6) is 5.75 Å². The maximum Gasteiger partial charge on any atom is 0.191 e. The summed E-state index contributed by atoms with van der Waals surface area (Å²) in [4.78, 5) is 6.81. The maximum absolute atomic E-state index is 6.18. The Labute approximate surface area is 114 Å². The third kappa shape index (κ3) is 2.83. The predicted octanol–water partition coefficient (Wildman–Crippen LogP) is 2.14. The van der Waals surface area contributed by atoms with Crippen molar-refractivity contribution in [1.82, 2.24) is 4.90 Å². The van der Waals surface area contributed by atoms with E-state index in [0.29, 0.717) is 18.6 Å². The summed E-state index contributed by atoms with van der Waals surface area (Å²) >= 11 is 0. The Bertz CT molecular complexity index is 466. The minimum absolute atomic E-state index is 0.430. The summed E-state index contributed by atoms with van der Waals surface area (Å²) in [5.41, 5.74) is 7.36. The molecule has 1 aliphatic heterocycles. The number of hydrogen-bond acceptors (Lipinski definition) is 2. The first-order valence-electron chi connectivity index (χ1n) is 7.12. The van der Waals surface area contributed by atoms with Gasteiger partial charge in [-0.05, 0) is 18.9 Å². The highest BCUT2D eigenvalue weighted by Gasteiger charge is 2.19. The zero-order valence-corrected chi connectivity index (χ0v) is 11.2. The Balaban J connectivity index is 1.74. The third-order valence-corrected chi connectivity index (χ3v) is 3.92. The summed E-state index contributed by atoms with van der Waals surface area (Å²) in [7, 11) is 0. The average Bonchev–Trinajstić information content (AvgIpc) is 2.82. The van der Waals surface area contributed by atoms with Crippen molar-refractivity contribution in [1.29, 1.82) is 0 Å². The average molecular weight is 259 g/mol. The molecule has 4 heteroatoms. The van der Waals surface area contributed by atoms with Gasteiger partial charge in [-0.2, -0.15) is 0 Å². The molecule has 0 radical (unpaired) electrons. The van der Waals surface area contributed by atoms with Gasteiger partial charge >= 0.3 is 0 Å². The Morgan fingerprint density at radius 3 is 2.89 bits per heavy atom. The number of nitrogens with two attached hydrogens (primary N) is 1. The number of rotatable bonds is 1. The first-order valence-corrected chi connectivity index (χ1v) is 7.12. The van der Waals surface area contributed by atoms with E-state index in [1.807, 2.05) is 18.2 Å². The molecule has 1 fully saturated rings. The highest BCUT2D eigenvalue weighted by Crippen LogP contribution is 2.24. The first-order chi connectivity index (χ1) is 9.33. The first kappa shape index (κ1) is 12.3. The van der Waals surface area contributed by atoms with Crippen LogP contribution in [0.15, 0.2) is 29.3 Å². The lowest BCUT2D eigenvalue weighted by Gasteiger charge is -2.21. The molecule has 2 aliphatic rings. The monoisotopic (exact) mass is 259 g/mol. The van der Waals surface area contributed by atoms with Crippen molar-refractivity contribution in [3.05, 3.63) is 29.8 Å². The molecule has 1 aromatic carbocycles. The SMILES string of the molecule is NC(=NC1CCCC1)N1CCOc2ccccc2C1. The number of hydrogen-bond donors (Lipinski definition) is 1. The number of guanidine groups is 1. The fourth-order valence-corrected chi connectivity index (χ4v) is 2.82. The topological polar surface area (TPSA) is 50.8 Å². The minimum atomic E-state index is 0.430. The largest absolute Gasteiger partial charge is 0.491 e. The van der Waals surface area contributed by atoms with Gasteiger partial charge < -0.3 is 15.4 Å². The van der Waals surface area contributed by atoms with Gasteiger partial charge in [-0.1, -0.05) is 31.0 Å². The van der Waals surface area contributed by atoms with Gasteiger partial charge in [0, 0.05) is 12.1 Å². The van der Waals surface area contributed by atoms with Gasteiger partial charge in [0.05, 0.1) is 12.6 Å². The summed E-state index contributed by atoms with van der Waals surface area (Å²) in [6.45, 7) is 2.26. The second-order valence-electron chi connectivity index (χ2n) is 5.30. The number of benzene rings is 1. The molecule has 4 nitrogen and oxygen atoms in total. The molecule has 3 rings (SSSR count). The minimum Gasteiger partial charge on any atom is -0.491 e. The summed E-state index contributed by atoms with van der Waals surface area (Å²) < 4.78 is 5.75. The van der Waals surface area contributed by atoms with Crippen LogP contribution in [0.2, 0.25) is 0 Å². The highest BCUT2D eigenvalue weighted by atomic mass is 16.5. The van der Waals surface area contributed by atoms with E-state index in [2.05, 4.69) is 16.0 Å². The molecule has 19 heavy (non-hydrogen) atoms. The second kappa shape index (κ2) is 5.51. The smallest absolute Gasteiger partial charge is 0.191 e. The summed E-state index contributed by atoms with van der Waals surface area (Å²) in [5.74, 6) is 1.64. The van der Waals surface area contributed by atoms with E-state index in [4.69, 9.17) is 10.5 Å². The van der Waals surface area contributed by atoms with Gasteiger partial charge in [0.1, 0.15) is 12.4 Å². The van der Waals surface area contributed by atoms with Gasteiger partial charge in [0.2, 0.25) is 0 Å². The van der Waals surface area contributed by atoms with Crippen molar-refractivity contribution in [2.75, 3.05) is 13.2 Å². The summed E-state index contributed by atoms with van der Waals surface area (Å²) in [6, 6.07) is 8.58. The lowest BCUT2D eigenvalue weighted by Crippen LogP contribution is -2.39. The van der Waals surface area contributed by atoms with Crippen LogP contribution in [0, 0.1) is 0 Å². The van der Waals surface area contributed by atoms with Crippen molar-refractivity contribution in [3.63, 3.8) is 0 Å². The zero-order chi connectivity index (χ0) is 13.1. The van der Waals surface area contributed by atoms with Gasteiger partial charge in [0.15, 0.2) is 5.96 Å². The van der Waals surface area contributed by atoms with Crippen LogP contribution >= 0.6 is 0 Å². The van der Waals surface area contributed by atoms with Crippen LogP contribution < -0.4 is 10.5 Å². The number of ether oxygens (including phenoxy) is 1. The molecule has 0 amide bonds. The van der Waals surface area contributed by atoms with Crippen molar-refractivity contribution in [2.24, 2.45) is 10.7 Å². The quantitative estimate of drug-likeness (QED) is 0.621. The van der Waals surface area contributed by atoms with Crippen molar-refractivity contribution in [3.8, 4) is 5.75 Å². The molecular weight excluding hydrogens is 238 g/mol. The van der Waals surface area contributed by atoms with Crippen LogP contribution in [0.3, 0.4) is 0 Å². The Morgan fingerprint density at radius 2 is 2.05 bits per heavy atom. The van der Waals surface area contributed by atoms with Crippen molar-refractivity contribution in [2.45, 2.75) is 38.3 Å². The normalized spacial score (nSPS) is 20.8. The molecule has 0 bridgehead atoms. The molecule has 0 aromatic heterocycles. The molecule has 0 atom stereocenters. The fraction of sp³-hybridized carbons (Fsp3) is 0.533. The molecule has 2 N–H and O–H groups in total. The van der Waals surface area contributed by atoms with Crippen molar-refractivity contribution < 1.29 is 4.74 Å². The van der Waals surface area contributed by atoms with Crippen LogP contribution in [0.25, 0.3) is 0 Å². The van der Waals surface area contributed by atoms with Crippen LogP contribution in [-0.4, -0.2) is 30.1 Å². The predicted molar refractivity (Wildman–Crippen MR) is 76.2 cm³/mol. The Morgan fingerprint density at radius 1 is 1.26 bits per heavy atom. The molecule has 1 saturated carbocycles. The van der Waals surface area contributed by atoms with E-state index in [-0.39, 0.29) is 0 Å². The Hall–Kier alpha value is -1.71. The molecule has 1 aromatic rings. The van der Waals surface area contributed by atoms with Gasteiger partial charge in [-0.25, -0.2) is 4.99 Å². The number of aliphatic imine (C=N–C) groups is 1. The summed E-state index contributed by atoms with van der Waals surface area (Å²) in [5, 5.41) is 0. The summed E-state index contributed by atoms with van der Waals surface area (Å²) in [6.07, 6.45) is 4.93. The standard InChI is InChI=1S/C15H21N3O/c16-15(17-13-6-2-3-7-13)18-9-10-19-14-8-4-1-5-12(14)11-18/h1,4-5,8,13H,2-3,6-7,9-11H2,(H2,16,17). The van der Waals surface area contributed by atoms with Gasteiger partial charge in [-0.15, -0.1) is 0 Å². The number of fused-ring (bicyclic) bond motifs is 1. The molecule has 102 valence electrons. The Kier molecular flexibility index (Phi) is 3.58.